The molecule has 3 amide bonds. The van der Waals surface area contributed by atoms with Crippen LogP contribution in [-0.4, -0.2) is 18.5 Å². The Morgan fingerprint density at radius 3 is 2.48 bits per heavy atom. The summed E-state index contributed by atoms with van der Waals surface area (Å²) in [4.78, 5) is 24.8. The Bertz CT molecular complexity index is 885. The van der Waals surface area contributed by atoms with Crippen molar-refractivity contribution in [2.75, 3.05) is 5.32 Å². The van der Waals surface area contributed by atoms with E-state index in [9.17, 15) is 18.4 Å². The molecule has 1 aliphatic rings. The summed E-state index contributed by atoms with van der Waals surface area (Å²) in [6.45, 7) is -1.46. The predicted molar refractivity (Wildman–Crippen MR) is 95.3 cm³/mol. The number of nitrogens with one attached hydrogen (secondary N) is 3. The van der Waals surface area contributed by atoms with Crippen LogP contribution in [0.3, 0.4) is 0 Å². The van der Waals surface area contributed by atoms with Gasteiger partial charge in [0, 0.05) is 16.9 Å². The van der Waals surface area contributed by atoms with E-state index in [0.29, 0.717) is 11.4 Å². The third-order valence-corrected chi connectivity index (χ3v) is 3.99. The Kier molecular flexibility index (Phi) is 5.35. The van der Waals surface area contributed by atoms with Crippen LogP contribution >= 0.6 is 0 Å². The molecule has 8 heteroatoms. The molecule has 0 spiro atoms. The fraction of sp³-hybridized carbons (Fsp3) is 0.158. The van der Waals surface area contributed by atoms with Crippen LogP contribution in [0, 0.1) is 0 Å². The van der Waals surface area contributed by atoms with E-state index in [-0.39, 0.29) is 16.9 Å². The summed E-state index contributed by atoms with van der Waals surface area (Å²) in [5.41, 5.74) is 1.34. The molecule has 1 heterocycles. The summed E-state index contributed by atoms with van der Waals surface area (Å²) in [6.07, 6.45) is 0. The van der Waals surface area contributed by atoms with Crippen molar-refractivity contribution in [3.8, 4) is 5.75 Å². The quantitative estimate of drug-likeness (QED) is 0.750. The van der Waals surface area contributed by atoms with Crippen molar-refractivity contribution >= 4 is 17.6 Å². The number of halogens is 2. The number of para-hydroxylation sites is 2. The number of hydrogen-bond acceptors (Lipinski definition) is 3. The summed E-state index contributed by atoms with van der Waals surface area (Å²) in [6, 6.07) is 13.3. The van der Waals surface area contributed by atoms with Crippen molar-refractivity contribution in [2.45, 2.75) is 19.6 Å². The lowest BCUT2D eigenvalue weighted by atomic mass is 9.94. The van der Waals surface area contributed by atoms with Crippen molar-refractivity contribution in [2.24, 2.45) is 0 Å². The number of alkyl halides is 2. The zero-order valence-corrected chi connectivity index (χ0v) is 14.3. The van der Waals surface area contributed by atoms with Gasteiger partial charge in [-0.2, -0.15) is 8.78 Å². The Balaban J connectivity index is 1.99. The average molecular weight is 373 g/mol. The van der Waals surface area contributed by atoms with Crippen LogP contribution in [0.25, 0.3) is 0 Å². The molecule has 27 heavy (non-hydrogen) atoms. The summed E-state index contributed by atoms with van der Waals surface area (Å²) in [5, 5.41) is 7.88. The van der Waals surface area contributed by atoms with Crippen molar-refractivity contribution in [3.63, 3.8) is 0 Å². The van der Waals surface area contributed by atoms with Crippen LogP contribution in [0.5, 0.6) is 5.75 Å². The van der Waals surface area contributed by atoms with E-state index in [1.54, 1.807) is 37.3 Å². The fourth-order valence-corrected chi connectivity index (χ4v) is 2.87. The summed E-state index contributed by atoms with van der Waals surface area (Å²) < 4.78 is 30.1. The highest BCUT2D eigenvalue weighted by Gasteiger charge is 2.33. The summed E-state index contributed by atoms with van der Waals surface area (Å²) in [7, 11) is 0. The van der Waals surface area contributed by atoms with Crippen LogP contribution in [-0.2, 0) is 4.79 Å². The van der Waals surface area contributed by atoms with E-state index < -0.39 is 24.6 Å². The van der Waals surface area contributed by atoms with Gasteiger partial charge in [-0.25, -0.2) is 4.79 Å². The topological polar surface area (TPSA) is 79.5 Å². The Morgan fingerprint density at radius 1 is 1.11 bits per heavy atom. The molecule has 2 aromatic carbocycles. The molecule has 0 saturated carbocycles. The van der Waals surface area contributed by atoms with Gasteiger partial charge in [0.1, 0.15) is 5.75 Å². The number of carbonyl (C=O) groups excluding carboxylic acids is 2. The van der Waals surface area contributed by atoms with Gasteiger partial charge in [0.25, 0.3) is 5.91 Å². The minimum atomic E-state index is -3.03. The molecule has 3 N–H and O–H groups in total. The number of benzene rings is 2. The van der Waals surface area contributed by atoms with Gasteiger partial charge in [-0.3, -0.25) is 4.79 Å². The fourth-order valence-electron chi connectivity index (χ4n) is 2.87. The summed E-state index contributed by atoms with van der Waals surface area (Å²) >= 11 is 0. The molecule has 1 atom stereocenters. The van der Waals surface area contributed by atoms with Gasteiger partial charge in [0.2, 0.25) is 0 Å². The van der Waals surface area contributed by atoms with Crippen LogP contribution in [0.1, 0.15) is 18.5 Å². The highest BCUT2D eigenvalue weighted by atomic mass is 19.3. The van der Waals surface area contributed by atoms with Gasteiger partial charge >= 0.3 is 12.6 Å². The number of carbonyl (C=O) groups is 2. The van der Waals surface area contributed by atoms with Gasteiger partial charge in [0.15, 0.2) is 0 Å². The van der Waals surface area contributed by atoms with Crippen molar-refractivity contribution in [3.05, 3.63) is 71.4 Å². The molecule has 0 bridgehead atoms. The molecule has 6 nitrogen and oxygen atoms in total. The van der Waals surface area contributed by atoms with E-state index >= 15 is 0 Å². The second kappa shape index (κ2) is 7.86. The third-order valence-electron chi connectivity index (χ3n) is 3.99. The van der Waals surface area contributed by atoms with Gasteiger partial charge in [0.05, 0.1) is 11.6 Å². The monoisotopic (exact) mass is 373 g/mol. The van der Waals surface area contributed by atoms with E-state index in [1.165, 1.54) is 18.2 Å². The smallest absolute Gasteiger partial charge is 0.387 e. The van der Waals surface area contributed by atoms with Gasteiger partial charge < -0.3 is 20.7 Å². The van der Waals surface area contributed by atoms with Crippen LogP contribution in [0.4, 0.5) is 19.3 Å². The molecule has 2 aromatic rings. The van der Waals surface area contributed by atoms with Crippen molar-refractivity contribution in [1.82, 2.24) is 10.6 Å². The van der Waals surface area contributed by atoms with Crippen LogP contribution in [0.15, 0.2) is 65.9 Å². The Hall–Kier alpha value is -3.42. The molecular weight excluding hydrogens is 356 g/mol. The Morgan fingerprint density at radius 2 is 1.78 bits per heavy atom. The number of anilines is 1. The number of hydrogen-bond donors (Lipinski definition) is 3. The first kappa shape index (κ1) is 18.4. The van der Waals surface area contributed by atoms with Gasteiger partial charge in [-0.1, -0.05) is 36.4 Å². The number of urea groups is 1. The minimum absolute atomic E-state index is 0.113. The minimum Gasteiger partial charge on any atom is -0.434 e. The number of ether oxygens (including phenoxy) is 1. The molecule has 0 aromatic heterocycles. The Labute approximate surface area is 154 Å². The zero-order valence-electron chi connectivity index (χ0n) is 14.3. The van der Waals surface area contributed by atoms with E-state index in [4.69, 9.17) is 0 Å². The first-order valence-electron chi connectivity index (χ1n) is 8.14. The molecule has 0 aliphatic carbocycles. The second-order valence-corrected chi connectivity index (χ2v) is 5.81. The normalized spacial score (nSPS) is 16.6. The SMILES string of the molecule is CC1=C(C(=O)Nc2ccccc2)[C@H](c2ccccc2OC(F)F)NC(=O)N1. The van der Waals surface area contributed by atoms with Gasteiger partial charge in [-0.05, 0) is 25.1 Å². The standard InChI is InChI=1S/C19H17F2N3O3/c1-11-15(17(25)23-12-7-3-2-4-8-12)16(24-19(26)22-11)13-9-5-6-10-14(13)27-18(20)21/h2-10,16,18H,1H3,(H,23,25)(H2,22,24,26)/t16-/m0/s1. The predicted octanol–water partition coefficient (Wildman–Crippen LogP) is 3.55. The van der Waals surface area contributed by atoms with E-state index in [2.05, 4.69) is 20.7 Å². The largest absolute Gasteiger partial charge is 0.434 e. The maximum atomic E-state index is 12.9. The third kappa shape index (κ3) is 4.22. The lowest BCUT2D eigenvalue weighted by molar-refractivity contribution is -0.113. The zero-order chi connectivity index (χ0) is 19.4. The highest BCUT2D eigenvalue weighted by Crippen LogP contribution is 2.34. The molecule has 0 unspecified atom stereocenters. The van der Waals surface area contributed by atoms with Crippen LogP contribution < -0.4 is 20.7 Å². The molecule has 1 aliphatic heterocycles. The van der Waals surface area contributed by atoms with E-state index in [0.717, 1.165) is 0 Å². The average Bonchev–Trinajstić information content (AvgIpc) is 2.61. The number of amides is 3. The maximum absolute atomic E-state index is 12.9. The van der Waals surface area contributed by atoms with Gasteiger partial charge in [-0.15, -0.1) is 0 Å². The highest BCUT2D eigenvalue weighted by molar-refractivity contribution is 6.06. The first-order chi connectivity index (χ1) is 13.0. The first-order valence-corrected chi connectivity index (χ1v) is 8.14. The van der Waals surface area contributed by atoms with E-state index in [1.807, 2.05) is 6.07 Å². The molecule has 0 fully saturated rings. The number of allylic oxidation sites excluding steroid dienone is 1. The molecular formula is C19H17F2N3O3. The molecule has 140 valence electrons. The molecule has 0 saturated heterocycles. The summed E-state index contributed by atoms with van der Waals surface area (Å²) in [5.74, 6) is -0.583. The maximum Gasteiger partial charge on any atom is 0.387 e. The second-order valence-electron chi connectivity index (χ2n) is 5.81. The van der Waals surface area contributed by atoms with Crippen molar-refractivity contribution in [1.29, 1.82) is 0 Å². The van der Waals surface area contributed by atoms with Crippen molar-refractivity contribution < 1.29 is 23.1 Å². The lowest BCUT2D eigenvalue weighted by Gasteiger charge is -2.29. The number of rotatable bonds is 5. The lowest BCUT2D eigenvalue weighted by Crippen LogP contribution is -2.46. The molecule has 0 radical (unpaired) electrons. The van der Waals surface area contributed by atoms with Crippen LogP contribution in [0.2, 0.25) is 0 Å². The molecule has 3 rings (SSSR count).